The fraction of sp³-hybridized carbons (Fsp3) is 0.250. The maximum Gasteiger partial charge on any atom is 0.226 e. The molecule has 0 bridgehead atoms. The number of carbonyl (C=O) groups is 2. The van der Waals surface area contributed by atoms with E-state index < -0.39 is 5.41 Å². The second kappa shape index (κ2) is 8.86. The Balaban J connectivity index is 1.31. The number of aromatic nitrogens is 2. The molecular formula is C24H22ClN3O3. The summed E-state index contributed by atoms with van der Waals surface area (Å²) in [4.78, 5) is 32.9. The van der Waals surface area contributed by atoms with Crippen LogP contribution in [0.5, 0.6) is 11.5 Å². The van der Waals surface area contributed by atoms with Gasteiger partial charge >= 0.3 is 0 Å². The summed E-state index contributed by atoms with van der Waals surface area (Å²) in [6.45, 7) is 2.35. The van der Waals surface area contributed by atoms with Gasteiger partial charge in [0, 0.05) is 25.4 Å². The first-order chi connectivity index (χ1) is 14.9. The van der Waals surface area contributed by atoms with Crippen molar-refractivity contribution >= 4 is 23.3 Å². The number of ether oxygens (including phenoxy) is 1. The summed E-state index contributed by atoms with van der Waals surface area (Å²) in [6, 6.07) is 13.1. The zero-order chi connectivity index (χ0) is 21.8. The minimum atomic E-state index is -0.613. The molecule has 7 heteroatoms. The van der Waals surface area contributed by atoms with Crippen LogP contribution in [0.15, 0.2) is 61.2 Å². The largest absolute Gasteiger partial charge is 0.456 e. The van der Waals surface area contributed by atoms with Gasteiger partial charge < -0.3 is 10.1 Å². The minimum Gasteiger partial charge on any atom is -0.456 e. The Bertz CT molecular complexity index is 1100. The molecule has 3 aromatic rings. The highest BCUT2D eigenvalue weighted by Crippen LogP contribution is 2.49. The lowest BCUT2D eigenvalue weighted by atomic mass is 9.95. The fourth-order valence-corrected chi connectivity index (χ4v) is 3.62. The maximum atomic E-state index is 12.7. The Hall–Kier alpha value is -3.25. The van der Waals surface area contributed by atoms with Crippen LogP contribution in [0.1, 0.15) is 40.7 Å². The van der Waals surface area contributed by atoms with Crippen molar-refractivity contribution in [2.45, 2.75) is 32.7 Å². The number of halogens is 1. The molecule has 0 spiro atoms. The predicted octanol–water partition coefficient (Wildman–Crippen LogP) is 4.90. The van der Waals surface area contributed by atoms with Gasteiger partial charge in [-0.05, 0) is 55.2 Å². The highest BCUT2D eigenvalue weighted by Gasteiger charge is 2.50. The van der Waals surface area contributed by atoms with Gasteiger partial charge in [0.15, 0.2) is 5.78 Å². The van der Waals surface area contributed by atoms with Crippen LogP contribution in [0.25, 0.3) is 0 Å². The van der Waals surface area contributed by atoms with Crippen molar-refractivity contribution in [3.63, 3.8) is 0 Å². The number of hydrogen-bond acceptors (Lipinski definition) is 5. The molecule has 1 N–H and O–H groups in total. The van der Waals surface area contributed by atoms with Crippen molar-refractivity contribution in [3.05, 3.63) is 82.9 Å². The Morgan fingerprint density at radius 3 is 2.45 bits per heavy atom. The van der Waals surface area contributed by atoms with E-state index in [9.17, 15) is 9.59 Å². The van der Waals surface area contributed by atoms with Crippen LogP contribution in [0, 0.1) is 12.3 Å². The number of Topliss-reactive ketones (excluding diaryl/α,β-unsaturated/α-hetero) is 1. The molecule has 31 heavy (non-hydrogen) atoms. The molecule has 4 rings (SSSR count). The van der Waals surface area contributed by atoms with Gasteiger partial charge in [0.2, 0.25) is 5.91 Å². The van der Waals surface area contributed by atoms with Gasteiger partial charge in [-0.3, -0.25) is 9.59 Å². The number of carbonyl (C=O) groups excluding carboxylic acids is 2. The van der Waals surface area contributed by atoms with E-state index in [1.165, 1.54) is 18.7 Å². The number of ketones is 1. The quantitative estimate of drug-likeness (QED) is 0.509. The number of nitrogens with one attached hydrogen (secondary N) is 1. The van der Waals surface area contributed by atoms with E-state index >= 15 is 0 Å². The van der Waals surface area contributed by atoms with Gasteiger partial charge in [0.25, 0.3) is 0 Å². The lowest BCUT2D eigenvalue weighted by Gasteiger charge is -2.15. The molecule has 0 aliphatic heterocycles. The molecule has 158 valence electrons. The lowest BCUT2D eigenvalue weighted by molar-refractivity contribution is -0.126. The van der Waals surface area contributed by atoms with Crippen LogP contribution in [0.2, 0.25) is 5.02 Å². The highest BCUT2D eigenvalue weighted by atomic mass is 35.5. The second-order valence-corrected chi connectivity index (χ2v) is 8.28. The van der Waals surface area contributed by atoms with E-state index in [0.717, 1.165) is 11.1 Å². The number of rotatable bonds is 8. The Labute approximate surface area is 185 Å². The molecule has 1 aromatic heterocycles. The van der Waals surface area contributed by atoms with Gasteiger partial charge in [-0.25, -0.2) is 9.97 Å². The van der Waals surface area contributed by atoms with E-state index in [1.807, 2.05) is 49.4 Å². The van der Waals surface area contributed by atoms with Crippen LogP contribution in [0.4, 0.5) is 0 Å². The summed E-state index contributed by atoms with van der Waals surface area (Å²) < 4.78 is 5.83. The summed E-state index contributed by atoms with van der Waals surface area (Å²) in [5, 5.41) is 3.52. The molecule has 0 unspecified atom stereocenters. The topological polar surface area (TPSA) is 81.2 Å². The summed E-state index contributed by atoms with van der Waals surface area (Å²) >= 11 is 6.22. The van der Waals surface area contributed by atoms with Gasteiger partial charge in [-0.15, -0.1) is 0 Å². The third-order valence-electron chi connectivity index (χ3n) is 5.41. The molecule has 1 aliphatic rings. The Morgan fingerprint density at radius 1 is 1.10 bits per heavy atom. The standard InChI is InChI=1S/C24H22ClN3O3/c1-16-2-7-22(20(25)10-16)31-19-5-3-17(4-6-19)12-28-23(30)24(8-9-24)11-21(29)18-13-26-15-27-14-18/h2-7,10,13-15H,8-9,11-12H2,1H3,(H,28,30). The number of benzene rings is 2. The molecular weight excluding hydrogens is 414 g/mol. The fourth-order valence-electron chi connectivity index (χ4n) is 3.35. The zero-order valence-electron chi connectivity index (χ0n) is 17.1. The minimum absolute atomic E-state index is 0.0931. The van der Waals surface area contributed by atoms with E-state index in [4.69, 9.17) is 16.3 Å². The number of nitrogens with zero attached hydrogens (tertiary/aromatic N) is 2. The summed E-state index contributed by atoms with van der Waals surface area (Å²) in [6.07, 6.45) is 5.94. The lowest BCUT2D eigenvalue weighted by Crippen LogP contribution is -2.33. The van der Waals surface area contributed by atoms with Gasteiger partial charge in [-0.1, -0.05) is 29.8 Å². The second-order valence-electron chi connectivity index (χ2n) is 7.87. The van der Waals surface area contributed by atoms with E-state index in [-0.39, 0.29) is 18.1 Å². The molecule has 0 atom stereocenters. The van der Waals surface area contributed by atoms with E-state index in [2.05, 4.69) is 15.3 Å². The molecule has 0 saturated heterocycles. The Morgan fingerprint density at radius 2 is 1.81 bits per heavy atom. The summed E-state index contributed by atoms with van der Waals surface area (Å²) in [5.41, 5.74) is 1.83. The molecule has 6 nitrogen and oxygen atoms in total. The van der Waals surface area contributed by atoms with Crippen LogP contribution in [-0.4, -0.2) is 21.7 Å². The van der Waals surface area contributed by atoms with E-state index in [0.29, 0.717) is 41.5 Å². The monoisotopic (exact) mass is 435 g/mol. The van der Waals surface area contributed by atoms with Crippen molar-refractivity contribution in [2.75, 3.05) is 0 Å². The highest BCUT2D eigenvalue weighted by molar-refractivity contribution is 6.32. The van der Waals surface area contributed by atoms with Gasteiger partial charge in [0.1, 0.15) is 17.8 Å². The molecule has 0 radical (unpaired) electrons. The van der Waals surface area contributed by atoms with Crippen LogP contribution in [-0.2, 0) is 11.3 Å². The molecule has 1 amide bonds. The van der Waals surface area contributed by atoms with Crippen LogP contribution in [0.3, 0.4) is 0 Å². The van der Waals surface area contributed by atoms with Crippen molar-refractivity contribution in [3.8, 4) is 11.5 Å². The van der Waals surface area contributed by atoms with Gasteiger partial charge in [-0.2, -0.15) is 0 Å². The zero-order valence-corrected chi connectivity index (χ0v) is 17.9. The smallest absolute Gasteiger partial charge is 0.226 e. The predicted molar refractivity (Wildman–Crippen MR) is 117 cm³/mol. The number of amides is 1. The third kappa shape index (κ3) is 5.09. The number of aryl methyl sites for hydroxylation is 1. The first kappa shape index (κ1) is 21.0. The van der Waals surface area contributed by atoms with Crippen molar-refractivity contribution in [1.29, 1.82) is 0 Å². The SMILES string of the molecule is Cc1ccc(Oc2ccc(CNC(=O)C3(CC(=O)c4cncnc4)CC3)cc2)c(Cl)c1. The van der Waals surface area contributed by atoms with Crippen LogP contribution >= 0.6 is 11.6 Å². The van der Waals surface area contributed by atoms with Crippen molar-refractivity contribution in [1.82, 2.24) is 15.3 Å². The normalized spacial score (nSPS) is 14.0. The average molecular weight is 436 g/mol. The molecule has 1 saturated carbocycles. The molecule has 2 aromatic carbocycles. The average Bonchev–Trinajstić information content (AvgIpc) is 3.56. The van der Waals surface area contributed by atoms with Gasteiger partial charge in [0.05, 0.1) is 16.0 Å². The third-order valence-corrected chi connectivity index (χ3v) is 5.70. The molecule has 1 heterocycles. The first-order valence-corrected chi connectivity index (χ1v) is 10.4. The summed E-state index contributed by atoms with van der Waals surface area (Å²) in [5.74, 6) is 1.06. The molecule has 1 fully saturated rings. The molecule has 1 aliphatic carbocycles. The van der Waals surface area contributed by atoms with Crippen molar-refractivity contribution in [2.24, 2.45) is 5.41 Å². The Kier molecular flexibility index (Phi) is 6.00. The van der Waals surface area contributed by atoms with Crippen molar-refractivity contribution < 1.29 is 14.3 Å². The maximum absolute atomic E-state index is 12.7. The van der Waals surface area contributed by atoms with E-state index in [1.54, 1.807) is 0 Å². The van der Waals surface area contributed by atoms with Crippen LogP contribution < -0.4 is 10.1 Å². The number of hydrogen-bond donors (Lipinski definition) is 1. The first-order valence-electron chi connectivity index (χ1n) is 10.0. The summed E-state index contributed by atoms with van der Waals surface area (Å²) in [7, 11) is 0.